The summed E-state index contributed by atoms with van der Waals surface area (Å²) in [5, 5.41) is 5.50. The third-order valence-electron chi connectivity index (χ3n) is 3.90. The number of rotatable bonds is 4. The molecule has 0 aromatic heterocycles. The van der Waals surface area contributed by atoms with Crippen molar-refractivity contribution in [3.8, 4) is 0 Å². The molecule has 1 heterocycles. The van der Waals surface area contributed by atoms with Gasteiger partial charge in [-0.25, -0.2) is 0 Å². The van der Waals surface area contributed by atoms with Crippen LogP contribution in [0.1, 0.15) is 26.7 Å². The largest absolute Gasteiger partial charge is 0.355 e. The Morgan fingerprint density at radius 2 is 2.11 bits per heavy atom. The van der Waals surface area contributed by atoms with Gasteiger partial charge in [0.25, 0.3) is 0 Å². The predicted octanol–water partition coefficient (Wildman–Crippen LogP) is -0.504. The number of nitrogens with one attached hydrogen (secondary N) is 2. The minimum atomic E-state index is -0.416. The molecule has 0 bridgehead atoms. The second-order valence-corrected chi connectivity index (χ2v) is 5.41. The maximum atomic E-state index is 12.0. The van der Waals surface area contributed by atoms with Crippen LogP contribution in [0, 0.1) is 11.8 Å². The molecule has 2 aliphatic rings. The molecule has 19 heavy (non-hydrogen) atoms. The van der Waals surface area contributed by atoms with Gasteiger partial charge in [0.15, 0.2) is 0 Å². The zero-order valence-electron chi connectivity index (χ0n) is 11.4. The van der Waals surface area contributed by atoms with Crippen molar-refractivity contribution in [2.24, 2.45) is 11.8 Å². The molecule has 3 amide bonds. The standard InChI is InChI=1S/C13H21N3O3/c1-8-7-10(8)13(19)14-4-3-11(17)16-6-5-15-12(18)9(16)2/h8-10H,3-7H2,1-2H3,(H,14,19)(H,15,18). The van der Waals surface area contributed by atoms with Gasteiger partial charge in [0.05, 0.1) is 0 Å². The molecule has 1 aliphatic carbocycles. The Morgan fingerprint density at radius 1 is 1.42 bits per heavy atom. The molecule has 2 rings (SSSR count). The molecule has 3 atom stereocenters. The zero-order valence-corrected chi connectivity index (χ0v) is 11.4. The van der Waals surface area contributed by atoms with E-state index < -0.39 is 6.04 Å². The molecule has 1 saturated heterocycles. The molecule has 2 N–H and O–H groups in total. The minimum absolute atomic E-state index is 0.0461. The fourth-order valence-corrected chi connectivity index (χ4v) is 2.38. The lowest BCUT2D eigenvalue weighted by atomic mass is 10.2. The SMILES string of the molecule is CC1CC1C(=O)NCCC(=O)N1CCNC(=O)C1C. The first kappa shape index (κ1) is 13.8. The molecule has 106 valence electrons. The molecule has 1 saturated carbocycles. The smallest absolute Gasteiger partial charge is 0.242 e. The summed E-state index contributed by atoms with van der Waals surface area (Å²) in [6.07, 6.45) is 1.20. The Morgan fingerprint density at radius 3 is 2.74 bits per heavy atom. The third-order valence-corrected chi connectivity index (χ3v) is 3.90. The first-order chi connectivity index (χ1) is 9.00. The van der Waals surface area contributed by atoms with Crippen molar-refractivity contribution in [1.29, 1.82) is 0 Å². The Hall–Kier alpha value is -1.59. The highest BCUT2D eigenvalue weighted by Crippen LogP contribution is 2.37. The molecule has 6 nitrogen and oxygen atoms in total. The maximum Gasteiger partial charge on any atom is 0.242 e. The molecule has 6 heteroatoms. The number of hydrogen-bond donors (Lipinski definition) is 2. The van der Waals surface area contributed by atoms with Crippen molar-refractivity contribution < 1.29 is 14.4 Å². The molecule has 0 aromatic carbocycles. The second-order valence-electron chi connectivity index (χ2n) is 5.41. The van der Waals surface area contributed by atoms with E-state index in [9.17, 15) is 14.4 Å². The summed E-state index contributed by atoms with van der Waals surface area (Å²) in [5.74, 6) is 0.461. The van der Waals surface area contributed by atoms with E-state index in [0.717, 1.165) is 6.42 Å². The van der Waals surface area contributed by atoms with Gasteiger partial charge < -0.3 is 15.5 Å². The summed E-state index contributed by atoms with van der Waals surface area (Å²) >= 11 is 0. The summed E-state index contributed by atoms with van der Waals surface area (Å²) in [6, 6.07) is -0.416. The van der Waals surface area contributed by atoms with E-state index >= 15 is 0 Å². The van der Waals surface area contributed by atoms with Crippen LogP contribution in [0.5, 0.6) is 0 Å². The van der Waals surface area contributed by atoms with Crippen molar-refractivity contribution in [3.63, 3.8) is 0 Å². The number of amides is 3. The molecule has 0 aromatic rings. The van der Waals surface area contributed by atoms with E-state index in [1.807, 2.05) is 6.92 Å². The fraction of sp³-hybridized carbons (Fsp3) is 0.769. The first-order valence-electron chi connectivity index (χ1n) is 6.85. The van der Waals surface area contributed by atoms with Crippen LogP contribution in [0.4, 0.5) is 0 Å². The molecule has 0 radical (unpaired) electrons. The topological polar surface area (TPSA) is 78.5 Å². The van der Waals surface area contributed by atoms with Crippen molar-refractivity contribution >= 4 is 17.7 Å². The molecule has 2 fully saturated rings. The summed E-state index contributed by atoms with van der Waals surface area (Å²) in [6.45, 7) is 5.16. The van der Waals surface area contributed by atoms with E-state index in [0.29, 0.717) is 25.6 Å². The Kier molecular flexibility index (Phi) is 4.07. The van der Waals surface area contributed by atoms with Gasteiger partial charge in [0, 0.05) is 32.0 Å². The van der Waals surface area contributed by atoms with Gasteiger partial charge >= 0.3 is 0 Å². The maximum absolute atomic E-state index is 12.0. The second kappa shape index (κ2) is 5.59. The third kappa shape index (κ3) is 3.24. The van der Waals surface area contributed by atoms with E-state index in [4.69, 9.17) is 0 Å². The Balaban J connectivity index is 1.72. The normalized spacial score (nSPS) is 29.7. The number of nitrogens with zero attached hydrogens (tertiary/aromatic N) is 1. The Bertz CT molecular complexity index is 397. The van der Waals surface area contributed by atoms with E-state index in [-0.39, 0.29) is 30.1 Å². The monoisotopic (exact) mass is 267 g/mol. The highest BCUT2D eigenvalue weighted by molar-refractivity contribution is 5.88. The quantitative estimate of drug-likeness (QED) is 0.720. The number of carbonyl (C=O) groups is 3. The van der Waals surface area contributed by atoms with E-state index in [1.165, 1.54) is 0 Å². The van der Waals surface area contributed by atoms with Gasteiger partial charge in [0.2, 0.25) is 17.7 Å². The molecule has 3 unspecified atom stereocenters. The molecular weight excluding hydrogens is 246 g/mol. The average molecular weight is 267 g/mol. The predicted molar refractivity (Wildman–Crippen MR) is 69.1 cm³/mol. The zero-order chi connectivity index (χ0) is 14.0. The lowest BCUT2D eigenvalue weighted by Crippen LogP contribution is -2.56. The Labute approximate surface area is 112 Å². The first-order valence-corrected chi connectivity index (χ1v) is 6.85. The van der Waals surface area contributed by atoms with Gasteiger partial charge in [-0.05, 0) is 19.3 Å². The molecular formula is C13H21N3O3. The number of hydrogen-bond acceptors (Lipinski definition) is 3. The average Bonchev–Trinajstić information content (AvgIpc) is 3.09. The van der Waals surface area contributed by atoms with Crippen LogP contribution in [0.25, 0.3) is 0 Å². The fourth-order valence-electron chi connectivity index (χ4n) is 2.38. The van der Waals surface area contributed by atoms with Crippen molar-refractivity contribution in [1.82, 2.24) is 15.5 Å². The summed E-state index contributed by atoms with van der Waals surface area (Å²) in [5.41, 5.74) is 0. The van der Waals surface area contributed by atoms with Gasteiger partial charge in [-0.1, -0.05) is 6.92 Å². The van der Waals surface area contributed by atoms with Gasteiger partial charge in [-0.3, -0.25) is 14.4 Å². The lowest BCUT2D eigenvalue weighted by molar-refractivity contribution is -0.142. The number of piperazine rings is 1. The van der Waals surface area contributed by atoms with Crippen LogP contribution >= 0.6 is 0 Å². The summed E-state index contributed by atoms with van der Waals surface area (Å²) in [4.78, 5) is 36.6. The molecule has 1 aliphatic heterocycles. The van der Waals surface area contributed by atoms with Crippen LogP contribution in [0.2, 0.25) is 0 Å². The lowest BCUT2D eigenvalue weighted by Gasteiger charge is -2.32. The van der Waals surface area contributed by atoms with Crippen LogP contribution in [0.3, 0.4) is 0 Å². The highest BCUT2D eigenvalue weighted by Gasteiger charge is 2.38. The molecule has 0 spiro atoms. The van der Waals surface area contributed by atoms with Crippen LogP contribution in [-0.4, -0.2) is 48.3 Å². The van der Waals surface area contributed by atoms with Gasteiger partial charge in [-0.2, -0.15) is 0 Å². The number of carbonyl (C=O) groups excluding carboxylic acids is 3. The van der Waals surface area contributed by atoms with E-state index in [1.54, 1.807) is 11.8 Å². The van der Waals surface area contributed by atoms with Crippen LogP contribution < -0.4 is 10.6 Å². The van der Waals surface area contributed by atoms with E-state index in [2.05, 4.69) is 10.6 Å². The highest BCUT2D eigenvalue weighted by atomic mass is 16.2. The van der Waals surface area contributed by atoms with Crippen molar-refractivity contribution in [3.05, 3.63) is 0 Å². The van der Waals surface area contributed by atoms with Gasteiger partial charge in [-0.15, -0.1) is 0 Å². The van der Waals surface area contributed by atoms with Gasteiger partial charge in [0.1, 0.15) is 6.04 Å². The van der Waals surface area contributed by atoms with Crippen molar-refractivity contribution in [2.45, 2.75) is 32.7 Å². The summed E-state index contributed by atoms with van der Waals surface area (Å²) in [7, 11) is 0. The van der Waals surface area contributed by atoms with Crippen LogP contribution in [0.15, 0.2) is 0 Å². The van der Waals surface area contributed by atoms with Crippen molar-refractivity contribution in [2.75, 3.05) is 19.6 Å². The van der Waals surface area contributed by atoms with Crippen LogP contribution in [-0.2, 0) is 14.4 Å². The summed E-state index contributed by atoms with van der Waals surface area (Å²) < 4.78 is 0. The minimum Gasteiger partial charge on any atom is -0.355 e.